The van der Waals surface area contributed by atoms with E-state index < -0.39 is 35.5 Å². The minimum absolute atomic E-state index is 0.0746. The lowest BCUT2D eigenvalue weighted by Gasteiger charge is -2.19. The highest BCUT2D eigenvalue weighted by molar-refractivity contribution is 5.96. The number of hydrogen-bond donors (Lipinski definition) is 2. The number of carbonyl (C=O) groups is 2. The standard InChI is InChI=1S/C13H12F2N2O3/c1-7(2-3-16)11(13(19)20)17-12(18)8-4-9(14)6-10(15)5-8/h4-7,11H,2H2,1H3,(H,17,18)(H,19,20)/t7-,11-/m0/s1. The van der Waals surface area contributed by atoms with Gasteiger partial charge in [-0.1, -0.05) is 6.92 Å². The Bertz CT molecular complexity index is 549. The molecule has 0 bridgehead atoms. The molecule has 0 heterocycles. The largest absolute Gasteiger partial charge is 0.480 e. The van der Waals surface area contributed by atoms with Crippen LogP contribution < -0.4 is 5.32 Å². The predicted octanol–water partition coefficient (Wildman–Crippen LogP) is 1.70. The van der Waals surface area contributed by atoms with Crippen LogP contribution in [-0.2, 0) is 4.79 Å². The molecule has 0 aliphatic carbocycles. The number of hydrogen-bond acceptors (Lipinski definition) is 3. The van der Waals surface area contributed by atoms with Crippen molar-refractivity contribution in [2.75, 3.05) is 0 Å². The highest BCUT2D eigenvalue weighted by Gasteiger charge is 2.27. The Morgan fingerprint density at radius 1 is 1.35 bits per heavy atom. The second kappa shape index (κ2) is 6.61. The van der Waals surface area contributed by atoms with Crippen molar-refractivity contribution in [2.24, 2.45) is 5.92 Å². The molecular weight excluding hydrogens is 270 g/mol. The minimum Gasteiger partial charge on any atom is -0.480 e. The number of carboxylic acid groups (broad SMARTS) is 1. The van der Waals surface area contributed by atoms with E-state index in [1.807, 2.05) is 0 Å². The summed E-state index contributed by atoms with van der Waals surface area (Å²) in [6, 6.07) is 2.68. The third-order valence-corrected chi connectivity index (χ3v) is 2.66. The van der Waals surface area contributed by atoms with E-state index >= 15 is 0 Å². The number of nitrogens with one attached hydrogen (secondary N) is 1. The average Bonchev–Trinajstić information content (AvgIpc) is 2.34. The van der Waals surface area contributed by atoms with E-state index in [0.717, 1.165) is 12.1 Å². The SMILES string of the molecule is C[C@@H](CC#N)[C@H](NC(=O)c1cc(F)cc(F)c1)C(=O)O. The zero-order valence-corrected chi connectivity index (χ0v) is 10.6. The molecule has 20 heavy (non-hydrogen) atoms. The maximum absolute atomic E-state index is 13.0. The van der Waals surface area contributed by atoms with Crippen LogP contribution in [0.2, 0.25) is 0 Å². The Morgan fingerprint density at radius 2 is 1.90 bits per heavy atom. The van der Waals surface area contributed by atoms with Gasteiger partial charge in [-0.25, -0.2) is 13.6 Å². The van der Waals surface area contributed by atoms with E-state index in [4.69, 9.17) is 10.4 Å². The van der Waals surface area contributed by atoms with E-state index in [1.165, 1.54) is 6.92 Å². The van der Waals surface area contributed by atoms with Crippen LogP contribution in [0.25, 0.3) is 0 Å². The molecule has 0 spiro atoms. The molecule has 0 aliphatic rings. The highest BCUT2D eigenvalue weighted by Crippen LogP contribution is 2.11. The number of aliphatic carboxylic acids is 1. The van der Waals surface area contributed by atoms with Crippen LogP contribution in [0.3, 0.4) is 0 Å². The van der Waals surface area contributed by atoms with Crippen molar-refractivity contribution >= 4 is 11.9 Å². The molecule has 0 unspecified atom stereocenters. The molecular formula is C13H12F2N2O3. The summed E-state index contributed by atoms with van der Waals surface area (Å²) in [6.07, 6.45) is -0.0746. The maximum atomic E-state index is 13.0. The summed E-state index contributed by atoms with van der Waals surface area (Å²) >= 11 is 0. The van der Waals surface area contributed by atoms with Crippen LogP contribution in [0.4, 0.5) is 8.78 Å². The molecule has 5 nitrogen and oxygen atoms in total. The van der Waals surface area contributed by atoms with Crippen molar-refractivity contribution in [3.63, 3.8) is 0 Å². The molecule has 106 valence electrons. The number of carboxylic acids is 1. The molecule has 1 aromatic carbocycles. The van der Waals surface area contributed by atoms with E-state index in [0.29, 0.717) is 6.07 Å². The molecule has 0 saturated heterocycles. The fraction of sp³-hybridized carbons (Fsp3) is 0.308. The zero-order chi connectivity index (χ0) is 15.3. The van der Waals surface area contributed by atoms with Crippen LogP contribution in [-0.4, -0.2) is 23.0 Å². The molecule has 0 aromatic heterocycles. The van der Waals surface area contributed by atoms with Gasteiger partial charge >= 0.3 is 5.97 Å². The highest BCUT2D eigenvalue weighted by atomic mass is 19.1. The van der Waals surface area contributed by atoms with Gasteiger partial charge in [0.25, 0.3) is 5.91 Å². The van der Waals surface area contributed by atoms with Gasteiger partial charge in [-0.15, -0.1) is 0 Å². The van der Waals surface area contributed by atoms with Crippen LogP contribution in [0, 0.1) is 28.9 Å². The first-order chi connectivity index (χ1) is 9.35. The van der Waals surface area contributed by atoms with E-state index in [-0.39, 0.29) is 12.0 Å². The number of nitrogens with zero attached hydrogens (tertiary/aromatic N) is 1. The monoisotopic (exact) mass is 282 g/mol. The second-order valence-electron chi connectivity index (χ2n) is 4.29. The van der Waals surface area contributed by atoms with E-state index in [9.17, 15) is 18.4 Å². The summed E-state index contributed by atoms with van der Waals surface area (Å²) in [5.74, 6) is -4.75. The predicted molar refractivity (Wildman–Crippen MR) is 64.6 cm³/mol. The Labute approximate surface area is 113 Å². The van der Waals surface area contributed by atoms with Crippen molar-refractivity contribution in [1.29, 1.82) is 5.26 Å². The third kappa shape index (κ3) is 4.02. The quantitative estimate of drug-likeness (QED) is 0.860. The van der Waals surface area contributed by atoms with Gasteiger partial charge in [-0.05, 0) is 12.1 Å². The van der Waals surface area contributed by atoms with E-state index in [2.05, 4.69) is 5.32 Å². The molecule has 2 N–H and O–H groups in total. The number of nitriles is 1. The number of benzene rings is 1. The Morgan fingerprint density at radius 3 is 2.35 bits per heavy atom. The van der Waals surface area contributed by atoms with Gasteiger partial charge < -0.3 is 10.4 Å². The van der Waals surface area contributed by atoms with Crippen LogP contribution in [0.15, 0.2) is 18.2 Å². The topological polar surface area (TPSA) is 90.2 Å². The van der Waals surface area contributed by atoms with Crippen LogP contribution >= 0.6 is 0 Å². The molecule has 1 amide bonds. The molecule has 7 heteroatoms. The van der Waals surface area contributed by atoms with Crippen molar-refractivity contribution in [3.8, 4) is 6.07 Å². The van der Waals surface area contributed by atoms with Crippen molar-refractivity contribution in [1.82, 2.24) is 5.32 Å². The van der Waals surface area contributed by atoms with Gasteiger partial charge in [0.2, 0.25) is 0 Å². The number of carbonyl (C=O) groups excluding carboxylic acids is 1. The number of halogens is 2. The van der Waals surface area contributed by atoms with Crippen molar-refractivity contribution in [2.45, 2.75) is 19.4 Å². The Balaban J connectivity index is 2.91. The lowest BCUT2D eigenvalue weighted by Crippen LogP contribution is -2.45. The summed E-state index contributed by atoms with van der Waals surface area (Å²) < 4.78 is 26.0. The minimum atomic E-state index is -1.32. The fourth-order valence-electron chi connectivity index (χ4n) is 1.62. The number of amides is 1. The molecule has 1 aromatic rings. The summed E-state index contributed by atoms with van der Waals surface area (Å²) in [5.41, 5.74) is -0.321. The van der Waals surface area contributed by atoms with Crippen LogP contribution in [0.1, 0.15) is 23.7 Å². The van der Waals surface area contributed by atoms with Gasteiger partial charge in [-0.2, -0.15) is 5.26 Å². The first-order valence-corrected chi connectivity index (χ1v) is 5.72. The summed E-state index contributed by atoms with van der Waals surface area (Å²) in [4.78, 5) is 22.8. The lowest BCUT2D eigenvalue weighted by atomic mass is 9.98. The van der Waals surface area contributed by atoms with Crippen LogP contribution in [0.5, 0.6) is 0 Å². The first kappa shape index (κ1) is 15.6. The maximum Gasteiger partial charge on any atom is 0.326 e. The zero-order valence-electron chi connectivity index (χ0n) is 10.6. The first-order valence-electron chi connectivity index (χ1n) is 5.72. The number of rotatable bonds is 5. The van der Waals surface area contributed by atoms with Gasteiger partial charge in [0.15, 0.2) is 0 Å². The summed E-state index contributed by atoms with van der Waals surface area (Å²) in [7, 11) is 0. The lowest BCUT2D eigenvalue weighted by molar-refractivity contribution is -0.140. The summed E-state index contributed by atoms with van der Waals surface area (Å²) in [6.45, 7) is 1.48. The normalized spacial score (nSPS) is 13.1. The van der Waals surface area contributed by atoms with Gasteiger partial charge in [0.1, 0.15) is 17.7 Å². The molecule has 1 rings (SSSR count). The Hall–Kier alpha value is -2.49. The molecule has 2 atom stereocenters. The van der Waals surface area contributed by atoms with Crippen molar-refractivity contribution < 1.29 is 23.5 Å². The Kier molecular flexibility index (Phi) is 5.15. The molecule has 0 saturated carbocycles. The molecule has 0 radical (unpaired) electrons. The second-order valence-corrected chi connectivity index (χ2v) is 4.29. The molecule has 0 aliphatic heterocycles. The van der Waals surface area contributed by atoms with E-state index in [1.54, 1.807) is 6.07 Å². The summed E-state index contributed by atoms with van der Waals surface area (Å²) in [5, 5.41) is 19.7. The van der Waals surface area contributed by atoms with Gasteiger partial charge in [-0.3, -0.25) is 4.79 Å². The van der Waals surface area contributed by atoms with Gasteiger partial charge in [0.05, 0.1) is 6.07 Å². The van der Waals surface area contributed by atoms with Gasteiger partial charge in [0, 0.05) is 24.0 Å². The fourth-order valence-corrected chi connectivity index (χ4v) is 1.62. The third-order valence-electron chi connectivity index (χ3n) is 2.66. The average molecular weight is 282 g/mol. The smallest absolute Gasteiger partial charge is 0.326 e. The van der Waals surface area contributed by atoms with Crippen molar-refractivity contribution in [3.05, 3.63) is 35.4 Å². The molecule has 0 fully saturated rings.